The number of pyridine rings is 1. The Bertz CT molecular complexity index is 833. The lowest BCUT2D eigenvalue weighted by Crippen LogP contribution is -2.15. The van der Waals surface area contributed by atoms with Crippen LogP contribution in [0, 0.1) is 11.3 Å². The first-order valence-corrected chi connectivity index (χ1v) is 6.70. The Morgan fingerprint density at radius 1 is 1.19 bits per heavy atom. The zero-order valence-electron chi connectivity index (χ0n) is 11.9. The topological polar surface area (TPSA) is 72.7 Å². The summed E-state index contributed by atoms with van der Waals surface area (Å²) >= 11 is 0. The number of hydrogen-bond acceptors (Lipinski definition) is 3. The van der Waals surface area contributed by atoms with Gasteiger partial charge in [0.15, 0.2) is 0 Å². The first kappa shape index (κ1) is 13.3. The molecule has 2 N–H and O–H groups in total. The molecule has 0 fully saturated rings. The lowest BCUT2D eigenvalue weighted by molar-refractivity contribution is 0.0747. The van der Waals surface area contributed by atoms with Gasteiger partial charge in [0.1, 0.15) is 0 Å². The van der Waals surface area contributed by atoms with Gasteiger partial charge in [-0.05, 0) is 38.1 Å². The second-order valence-corrected chi connectivity index (χ2v) is 5.55. The highest BCUT2D eigenvalue weighted by Gasteiger charge is 2.19. The van der Waals surface area contributed by atoms with Crippen LogP contribution in [0.3, 0.4) is 0 Å². The third-order valence-electron chi connectivity index (χ3n) is 3.49. The predicted molar refractivity (Wildman–Crippen MR) is 81.5 cm³/mol. The molecular formula is C17H15N3O. The minimum absolute atomic E-state index is 0.622. The Labute approximate surface area is 122 Å². The number of hydrogen-bond donors (Lipinski definition) is 2. The largest absolute Gasteiger partial charge is 0.384 e. The number of nitriles is 1. The Balaban J connectivity index is 2.18. The molecule has 4 nitrogen and oxygen atoms in total. The number of aromatic amines is 1. The van der Waals surface area contributed by atoms with Crippen molar-refractivity contribution >= 4 is 10.9 Å². The van der Waals surface area contributed by atoms with E-state index in [0.29, 0.717) is 5.56 Å². The molecule has 0 amide bonds. The van der Waals surface area contributed by atoms with E-state index in [0.717, 1.165) is 27.9 Å². The van der Waals surface area contributed by atoms with Crippen molar-refractivity contribution in [1.29, 1.82) is 5.26 Å². The maximum atomic E-state index is 10.1. The molecule has 0 aliphatic rings. The van der Waals surface area contributed by atoms with E-state index in [9.17, 15) is 5.11 Å². The van der Waals surface area contributed by atoms with Crippen molar-refractivity contribution in [2.75, 3.05) is 0 Å². The van der Waals surface area contributed by atoms with E-state index in [1.54, 1.807) is 32.2 Å². The lowest BCUT2D eigenvalue weighted by Gasteiger charge is -2.14. The molecule has 3 aromatic rings. The van der Waals surface area contributed by atoms with Crippen LogP contribution in [0.4, 0.5) is 0 Å². The molecule has 0 atom stereocenters. The van der Waals surface area contributed by atoms with Crippen molar-refractivity contribution in [3.63, 3.8) is 0 Å². The van der Waals surface area contributed by atoms with Gasteiger partial charge in [-0.25, -0.2) is 0 Å². The van der Waals surface area contributed by atoms with Gasteiger partial charge < -0.3 is 10.1 Å². The second-order valence-electron chi connectivity index (χ2n) is 5.55. The number of rotatable bonds is 2. The van der Waals surface area contributed by atoms with Gasteiger partial charge in [0.25, 0.3) is 0 Å². The van der Waals surface area contributed by atoms with Crippen molar-refractivity contribution in [2.24, 2.45) is 0 Å². The summed E-state index contributed by atoms with van der Waals surface area (Å²) in [6.07, 6.45) is 1.74. The van der Waals surface area contributed by atoms with Crippen molar-refractivity contribution in [3.8, 4) is 17.3 Å². The van der Waals surface area contributed by atoms with E-state index < -0.39 is 5.60 Å². The van der Waals surface area contributed by atoms with Crippen molar-refractivity contribution in [1.82, 2.24) is 9.97 Å². The molecule has 0 aliphatic heterocycles. The van der Waals surface area contributed by atoms with E-state index in [-0.39, 0.29) is 0 Å². The molecule has 0 radical (unpaired) electrons. The number of nitrogens with zero attached hydrogens (tertiary/aromatic N) is 2. The van der Waals surface area contributed by atoms with Crippen molar-refractivity contribution in [2.45, 2.75) is 19.4 Å². The molecule has 0 aliphatic carbocycles. The van der Waals surface area contributed by atoms with Gasteiger partial charge >= 0.3 is 0 Å². The monoisotopic (exact) mass is 277 g/mol. The summed E-state index contributed by atoms with van der Waals surface area (Å²) in [7, 11) is 0. The van der Waals surface area contributed by atoms with Crippen molar-refractivity contribution in [3.05, 3.63) is 53.9 Å². The highest BCUT2D eigenvalue weighted by Crippen LogP contribution is 2.30. The fourth-order valence-electron chi connectivity index (χ4n) is 2.32. The number of benzene rings is 1. The van der Waals surface area contributed by atoms with E-state index >= 15 is 0 Å². The number of aliphatic hydroxyl groups is 1. The lowest BCUT2D eigenvalue weighted by atomic mass is 10.0. The molecule has 1 aromatic carbocycles. The summed E-state index contributed by atoms with van der Waals surface area (Å²) in [6, 6.07) is 13.2. The summed E-state index contributed by atoms with van der Waals surface area (Å²) in [4.78, 5) is 7.67. The van der Waals surface area contributed by atoms with E-state index in [2.05, 4.69) is 16.0 Å². The first-order valence-electron chi connectivity index (χ1n) is 6.70. The third kappa shape index (κ3) is 2.39. The average molecular weight is 277 g/mol. The fourth-order valence-corrected chi connectivity index (χ4v) is 2.32. The molecular weight excluding hydrogens is 262 g/mol. The van der Waals surface area contributed by atoms with E-state index in [4.69, 9.17) is 5.26 Å². The maximum absolute atomic E-state index is 10.1. The summed E-state index contributed by atoms with van der Waals surface area (Å²) in [5.74, 6) is 0. The molecule has 0 saturated heterocycles. The quantitative estimate of drug-likeness (QED) is 0.754. The van der Waals surface area contributed by atoms with Gasteiger partial charge in [-0.3, -0.25) is 4.98 Å². The van der Waals surface area contributed by atoms with Crippen LogP contribution in [-0.2, 0) is 5.60 Å². The second kappa shape index (κ2) is 4.72. The molecule has 0 unspecified atom stereocenters. The molecule has 0 saturated carbocycles. The molecule has 104 valence electrons. The Morgan fingerprint density at radius 3 is 2.52 bits per heavy atom. The third-order valence-corrected chi connectivity index (χ3v) is 3.49. The van der Waals surface area contributed by atoms with E-state index in [1.807, 2.05) is 24.3 Å². The highest BCUT2D eigenvalue weighted by molar-refractivity contribution is 5.93. The van der Waals surface area contributed by atoms with Gasteiger partial charge in [0, 0.05) is 28.4 Å². The van der Waals surface area contributed by atoms with Crippen LogP contribution >= 0.6 is 0 Å². The Hall–Kier alpha value is -2.64. The van der Waals surface area contributed by atoms with E-state index in [1.165, 1.54) is 0 Å². The van der Waals surface area contributed by atoms with Gasteiger partial charge in [0.05, 0.1) is 22.9 Å². The van der Waals surface area contributed by atoms with Gasteiger partial charge in [-0.1, -0.05) is 12.1 Å². The molecule has 2 aromatic heterocycles. The fraction of sp³-hybridized carbons (Fsp3) is 0.176. The van der Waals surface area contributed by atoms with Crippen LogP contribution in [0.2, 0.25) is 0 Å². The normalized spacial score (nSPS) is 11.5. The van der Waals surface area contributed by atoms with Gasteiger partial charge in [-0.2, -0.15) is 5.26 Å². The maximum Gasteiger partial charge on any atom is 0.0991 e. The Kier molecular flexibility index (Phi) is 3.00. The molecule has 3 rings (SSSR count). The van der Waals surface area contributed by atoms with Gasteiger partial charge in [0.2, 0.25) is 0 Å². The highest BCUT2D eigenvalue weighted by atomic mass is 16.3. The zero-order chi connectivity index (χ0) is 15.0. The number of aromatic nitrogens is 2. The molecule has 2 heterocycles. The summed E-state index contributed by atoms with van der Waals surface area (Å²) in [5, 5.41) is 20.0. The van der Waals surface area contributed by atoms with Crippen molar-refractivity contribution < 1.29 is 5.11 Å². The van der Waals surface area contributed by atoms with Crippen LogP contribution in [0.15, 0.2) is 42.6 Å². The average Bonchev–Trinajstić information content (AvgIpc) is 2.91. The number of nitrogens with one attached hydrogen (secondary N) is 1. The summed E-state index contributed by atoms with van der Waals surface area (Å²) in [5.41, 5.74) is 3.16. The van der Waals surface area contributed by atoms with Crippen LogP contribution in [-0.4, -0.2) is 15.1 Å². The number of fused-ring (bicyclic) bond motifs is 1. The minimum Gasteiger partial charge on any atom is -0.384 e. The molecule has 21 heavy (non-hydrogen) atoms. The smallest absolute Gasteiger partial charge is 0.0991 e. The van der Waals surface area contributed by atoms with Crippen LogP contribution in [0.1, 0.15) is 25.1 Å². The SMILES string of the molecule is CC(C)(O)c1cc2c(-c3ccc(C#N)cc3)nccc2[nH]1. The molecule has 0 spiro atoms. The Morgan fingerprint density at radius 2 is 1.90 bits per heavy atom. The standard InChI is InChI=1S/C17H15N3O/c1-17(2,21)15-9-13-14(20-15)7-8-19-16(13)12-5-3-11(10-18)4-6-12/h3-9,20-21H,1-2H3. The first-order chi connectivity index (χ1) is 9.99. The van der Waals surface area contributed by atoms with Crippen LogP contribution < -0.4 is 0 Å². The summed E-state index contributed by atoms with van der Waals surface area (Å²) in [6.45, 7) is 3.49. The zero-order valence-corrected chi connectivity index (χ0v) is 11.9. The molecule has 4 heteroatoms. The van der Waals surface area contributed by atoms with Crippen LogP contribution in [0.25, 0.3) is 22.2 Å². The predicted octanol–water partition coefficient (Wildman–Crippen LogP) is 3.33. The summed E-state index contributed by atoms with van der Waals surface area (Å²) < 4.78 is 0. The number of H-pyrrole nitrogens is 1. The molecule has 0 bridgehead atoms. The minimum atomic E-state index is -0.930. The van der Waals surface area contributed by atoms with Gasteiger partial charge in [-0.15, -0.1) is 0 Å². The van der Waals surface area contributed by atoms with Crippen LogP contribution in [0.5, 0.6) is 0 Å².